The van der Waals surface area contributed by atoms with Crippen molar-refractivity contribution in [1.29, 1.82) is 0 Å². The van der Waals surface area contributed by atoms with Gasteiger partial charge in [-0.1, -0.05) is 5.16 Å². The van der Waals surface area contributed by atoms with E-state index in [1.54, 1.807) is 0 Å². The topological polar surface area (TPSA) is 114 Å². The minimum absolute atomic E-state index is 0.152. The van der Waals surface area contributed by atoms with Crippen LogP contribution in [-0.2, 0) is 14.4 Å². The van der Waals surface area contributed by atoms with Crippen LogP contribution in [0.3, 0.4) is 0 Å². The first-order chi connectivity index (χ1) is 7.69. The van der Waals surface area contributed by atoms with Crippen molar-refractivity contribution < 1.29 is 19.5 Å². The maximum atomic E-state index is 10.8. The van der Waals surface area contributed by atoms with E-state index in [2.05, 4.69) is 25.3 Å². The third kappa shape index (κ3) is 2.74. The van der Waals surface area contributed by atoms with Gasteiger partial charge >= 0.3 is 5.97 Å². The molecule has 84 valence electrons. The average molecular weight is 224 g/mol. The van der Waals surface area contributed by atoms with Crippen molar-refractivity contribution in [3.05, 3.63) is 18.1 Å². The number of carbonyl (C=O) groups excluding carboxylic acids is 1. The molecule has 1 aromatic heterocycles. The number of oxime groups is 1. The molecule has 0 radical (unpaired) electrons. The van der Waals surface area contributed by atoms with E-state index in [9.17, 15) is 9.59 Å². The molecule has 16 heavy (non-hydrogen) atoms. The fourth-order valence-electron chi connectivity index (χ4n) is 0.880. The monoisotopic (exact) mass is 224 g/mol. The van der Waals surface area contributed by atoms with Gasteiger partial charge in [-0.05, 0) is 6.07 Å². The highest BCUT2D eigenvalue weighted by molar-refractivity contribution is 6.41. The molecule has 1 aromatic rings. The van der Waals surface area contributed by atoms with Crippen molar-refractivity contribution in [3.63, 3.8) is 0 Å². The molecule has 8 nitrogen and oxygen atoms in total. The van der Waals surface area contributed by atoms with Crippen molar-refractivity contribution in [2.45, 2.75) is 0 Å². The van der Waals surface area contributed by atoms with Crippen molar-refractivity contribution in [3.8, 4) is 0 Å². The molecule has 0 unspecified atom stereocenters. The molecule has 2 N–H and O–H groups in total. The fourth-order valence-corrected chi connectivity index (χ4v) is 0.880. The number of carboxylic acids is 1. The molecule has 0 saturated carbocycles. The summed E-state index contributed by atoms with van der Waals surface area (Å²) in [6, 6.07) is 1.41. The van der Waals surface area contributed by atoms with Crippen LogP contribution in [0.5, 0.6) is 0 Å². The molecule has 1 rings (SSSR count). The number of carboxylic acid groups (broad SMARTS) is 1. The van der Waals surface area contributed by atoms with E-state index in [4.69, 9.17) is 5.11 Å². The van der Waals surface area contributed by atoms with E-state index in [-0.39, 0.29) is 11.6 Å². The van der Waals surface area contributed by atoms with E-state index >= 15 is 0 Å². The first-order valence-electron chi connectivity index (χ1n) is 4.07. The van der Waals surface area contributed by atoms with Crippen LogP contribution in [0.1, 0.15) is 5.82 Å². The molecule has 0 saturated heterocycles. The molecule has 8 heteroatoms. The minimum Gasteiger partial charge on any atom is -0.476 e. The first-order valence-corrected chi connectivity index (χ1v) is 4.07. The first kappa shape index (κ1) is 11.6. The van der Waals surface area contributed by atoms with Crippen LogP contribution in [0.4, 0.5) is 5.82 Å². The van der Waals surface area contributed by atoms with Crippen molar-refractivity contribution in [2.75, 3.05) is 12.4 Å². The number of anilines is 1. The van der Waals surface area contributed by atoms with Gasteiger partial charge in [0.2, 0.25) is 12.1 Å². The summed E-state index contributed by atoms with van der Waals surface area (Å²) in [6.45, 7) is 0. The number of aromatic nitrogens is 2. The van der Waals surface area contributed by atoms with Crippen molar-refractivity contribution in [1.82, 2.24) is 9.97 Å². The summed E-state index contributed by atoms with van der Waals surface area (Å²) in [5.41, 5.74) is -0.447. The molecule has 0 bridgehead atoms. The number of nitrogens with one attached hydrogen (secondary N) is 1. The highest BCUT2D eigenvalue weighted by atomic mass is 16.6. The van der Waals surface area contributed by atoms with Crippen LogP contribution in [0, 0.1) is 0 Å². The zero-order valence-electron chi connectivity index (χ0n) is 8.25. The van der Waals surface area contributed by atoms with Gasteiger partial charge in [-0.25, -0.2) is 14.8 Å². The third-order valence-electron chi connectivity index (χ3n) is 1.46. The molecular weight excluding hydrogens is 216 g/mol. The zero-order valence-corrected chi connectivity index (χ0v) is 8.25. The Kier molecular flexibility index (Phi) is 3.90. The SMILES string of the molecule is CO/N=C(\C(=O)O)c1nccc(NC=O)n1. The molecule has 0 spiro atoms. The number of nitrogens with zero attached hydrogens (tertiary/aromatic N) is 3. The number of hydrogen-bond acceptors (Lipinski definition) is 6. The van der Waals surface area contributed by atoms with Crippen LogP contribution in [0.2, 0.25) is 0 Å². The van der Waals surface area contributed by atoms with Gasteiger partial charge in [0.1, 0.15) is 12.9 Å². The van der Waals surface area contributed by atoms with Gasteiger partial charge in [0, 0.05) is 6.20 Å². The van der Waals surface area contributed by atoms with Gasteiger partial charge in [0.25, 0.3) is 0 Å². The van der Waals surface area contributed by atoms with E-state index in [1.807, 2.05) is 0 Å². The minimum atomic E-state index is -1.33. The lowest BCUT2D eigenvalue weighted by Crippen LogP contribution is -2.18. The second-order valence-electron chi connectivity index (χ2n) is 2.46. The summed E-state index contributed by atoms with van der Waals surface area (Å²) in [4.78, 5) is 32.8. The van der Waals surface area contributed by atoms with Gasteiger partial charge < -0.3 is 15.3 Å². The summed E-state index contributed by atoms with van der Waals surface area (Å²) < 4.78 is 0. The Morgan fingerprint density at radius 3 is 3.00 bits per heavy atom. The second-order valence-corrected chi connectivity index (χ2v) is 2.46. The summed E-state index contributed by atoms with van der Waals surface area (Å²) >= 11 is 0. The van der Waals surface area contributed by atoms with Crippen LogP contribution in [-0.4, -0.2) is 40.3 Å². The van der Waals surface area contributed by atoms with E-state index in [0.717, 1.165) is 0 Å². The molecule has 0 atom stereocenters. The molecule has 0 aliphatic rings. The largest absolute Gasteiger partial charge is 0.476 e. The normalized spacial score (nSPS) is 10.7. The molecule has 0 aliphatic heterocycles. The molecule has 0 fully saturated rings. The Morgan fingerprint density at radius 2 is 2.44 bits per heavy atom. The van der Waals surface area contributed by atoms with Gasteiger partial charge in [-0.15, -0.1) is 0 Å². The van der Waals surface area contributed by atoms with E-state index in [1.165, 1.54) is 19.4 Å². The number of amides is 1. The molecule has 1 amide bonds. The Hall–Kier alpha value is -2.51. The number of carbonyl (C=O) groups is 2. The number of hydrogen-bond donors (Lipinski definition) is 2. The van der Waals surface area contributed by atoms with E-state index in [0.29, 0.717) is 6.41 Å². The summed E-state index contributed by atoms with van der Waals surface area (Å²) in [7, 11) is 1.20. The second kappa shape index (κ2) is 5.39. The maximum Gasteiger partial charge on any atom is 0.361 e. The molecular formula is C8H8N4O4. The Balaban J connectivity index is 3.10. The van der Waals surface area contributed by atoms with Crippen LogP contribution in [0.15, 0.2) is 17.4 Å². The number of rotatable bonds is 5. The fraction of sp³-hybridized carbons (Fsp3) is 0.125. The molecule has 0 aromatic carbocycles. The number of aliphatic carboxylic acids is 1. The predicted octanol–water partition coefficient (Wildman–Crippen LogP) is -0.520. The van der Waals surface area contributed by atoms with Gasteiger partial charge in [0.05, 0.1) is 0 Å². The lowest BCUT2D eigenvalue weighted by Gasteiger charge is -2.01. The summed E-state index contributed by atoms with van der Waals surface area (Å²) in [6.07, 6.45) is 1.71. The van der Waals surface area contributed by atoms with Gasteiger partial charge in [-0.3, -0.25) is 4.79 Å². The predicted molar refractivity (Wildman–Crippen MR) is 52.9 cm³/mol. The zero-order chi connectivity index (χ0) is 12.0. The summed E-state index contributed by atoms with van der Waals surface area (Å²) in [5, 5.41) is 14.3. The van der Waals surface area contributed by atoms with Crippen molar-refractivity contribution >= 4 is 23.9 Å². The van der Waals surface area contributed by atoms with Crippen LogP contribution >= 0.6 is 0 Å². The quantitative estimate of drug-likeness (QED) is 0.395. The Morgan fingerprint density at radius 1 is 1.69 bits per heavy atom. The standard InChI is InChI=1S/C8H8N4O4/c1-16-12-6(8(14)15)7-9-3-2-5(11-7)10-4-13/h2-4H,1H3,(H,14,15)(H,9,10,11,13)/b12-6-. The smallest absolute Gasteiger partial charge is 0.361 e. The maximum absolute atomic E-state index is 10.8. The van der Waals surface area contributed by atoms with Gasteiger partial charge in [-0.2, -0.15) is 0 Å². The lowest BCUT2D eigenvalue weighted by atomic mass is 10.3. The third-order valence-corrected chi connectivity index (χ3v) is 1.46. The summed E-state index contributed by atoms with van der Waals surface area (Å²) in [5.74, 6) is -1.31. The van der Waals surface area contributed by atoms with E-state index < -0.39 is 11.7 Å². The van der Waals surface area contributed by atoms with Crippen LogP contribution in [0.25, 0.3) is 0 Å². The average Bonchev–Trinajstić information content (AvgIpc) is 2.26. The van der Waals surface area contributed by atoms with Crippen LogP contribution < -0.4 is 5.32 Å². The van der Waals surface area contributed by atoms with Crippen molar-refractivity contribution in [2.24, 2.45) is 5.16 Å². The Bertz CT molecular complexity index is 432. The molecule has 0 aliphatic carbocycles. The Labute approximate surface area is 90.0 Å². The molecule has 1 heterocycles. The highest BCUT2D eigenvalue weighted by Gasteiger charge is 2.17. The van der Waals surface area contributed by atoms with Gasteiger partial charge in [0.15, 0.2) is 5.82 Å². The lowest BCUT2D eigenvalue weighted by molar-refractivity contribution is -0.129. The highest BCUT2D eigenvalue weighted by Crippen LogP contribution is 2.02.